The SMILES string of the molecule is C=C(C)c1ccc(Oc2ncnc(C(=O)N3CCC(N4CCC(N(C)S(C)(=O)=O)CC4)CC3)c2C)cc1. The van der Waals surface area contributed by atoms with Crippen LogP contribution in [0.4, 0.5) is 0 Å². The van der Waals surface area contributed by atoms with E-state index < -0.39 is 10.0 Å². The minimum atomic E-state index is -3.17. The highest BCUT2D eigenvalue weighted by molar-refractivity contribution is 7.88. The van der Waals surface area contributed by atoms with Crippen molar-refractivity contribution in [3.8, 4) is 11.6 Å². The molecule has 3 heterocycles. The number of hydrogen-bond acceptors (Lipinski definition) is 7. The van der Waals surface area contributed by atoms with E-state index in [1.54, 1.807) is 7.05 Å². The van der Waals surface area contributed by atoms with E-state index in [-0.39, 0.29) is 11.9 Å². The van der Waals surface area contributed by atoms with E-state index in [2.05, 4.69) is 21.4 Å². The largest absolute Gasteiger partial charge is 0.439 e. The number of piperidine rings is 2. The molecule has 1 amide bonds. The fraction of sp³-hybridized carbons (Fsp3) is 0.519. The van der Waals surface area contributed by atoms with Gasteiger partial charge in [-0.05, 0) is 70.3 Å². The third-order valence-electron chi connectivity index (χ3n) is 7.61. The Bertz CT molecular complexity index is 1230. The zero-order valence-corrected chi connectivity index (χ0v) is 23.0. The normalized spacial score (nSPS) is 18.2. The molecule has 0 aliphatic carbocycles. The number of sulfonamides is 1. The van der Waals surface area contributed by atoms with Crippen LogP contribution in [0.1, 0.15) is 54.2 Å². The molecule has 0 atom stereocenters. The summed E-state index contributed by atoms with van der Waals surface area (Å²) in [4.78, 5) is 26.2. The molecule has 0 bridgehead atoms. The predicted octanol–water partition coefficient (Wildman–Crippen LogP) is 3.57. The zero-order chi connectivity index (χ0) is 26.7. The van der Waals surface area contributed by atoms with Gasteiger partial charge >= 0.3 is 0 Å². The molecular formula is C27H37N5O4S. The van der Waals surface area contributed by atoms with E-state index in [9.17, 15) is 13.2 Å². The number of carbonyl (C=O) groups is 1. The van der Waals surface area contributed by atoms with Gasteiger partial charge in [0.1, 0.15) is 17.8 Å². The lowest BCUT2D eigenvalue weighted by Crippen LogP contribution is -2.52. The van der Waals surface area contributed by atoms with Crippen LogP contribution in [-0.4, -0.2) is 90.0 Å². The fourth-order valence-corrected chi connectivity index (χ4v) is 5.89. The molecule has 2 fully saturated rings. The van der Waals surface area contributed by atoms with Crippen LogP contribution < -0.4 is 4.74 Å². The van der Waals surface area contributed by atoms with E-state index in [1.807, 2.05) is 43.0 Å². The number of hydrogen-bond donors (Lipinski definition) is 0. The number of carbonyl (C=O) groups excluding carboxylic acids is 1. The van der Waals surface area contributed by atoms with Crippen molar-refractivity contribution in [1.82, 2.24) is 24.1 Å². The molecule has 0 unspecified atom stereocenters. The van der Waals surface area contributed by atoms with Crippen LogP contribution in [-0.2, 0) is 10.0 Å². The minimum Gasteiger partial charge on any atom is -0.439 e. The lowest BCUT2D eigenvalue weighted by atomic mass is 9.97. The van der Waals surface area contributed by atoms with Gasteiger partial charge in [-0.3, -0.25) is 4.79 Å². The topological polar surface area (TPSA) is 95.9 Å². The van der Waals surface area contributed by atoms with Gasteiger partial charge in [0, 0.05) is 37.8 Å². The van der Waals surface area contributed by atoms with E-state index >= 15 is 0 Å². The van der Waals surface area contributed by atoms with E-state index in [0.717, 1.165) is 49.9 Å². The zero-order valence-electron chi connectivity index (χ0n) is 22.2. The van der Waals surface area contributed by atoms with Crippen LogP contribution >= 0.6 is 0 Å². The van der Waals surface area contributed by atoms with Gasteiger partial charge in [0.25, 0.3) is 5.91 Å². The number of allylic oxidation sites excluding steroid dienone is 1. The highest BCUT2D eigenvalue weighted by Crippen LogP contribution is 2.28. The molecule has 1 aromatic carbocycles. The smallest absolute Gasteiger partial charge is 0.272 e. The van der Waals surface area contributed by atoms with Crippen LogP contribution in [0.5, 0.6) is 11.6 Å². The molecule has 200 valence electrons. The molecule has 2 saturated heterocycles. The second kappa shape index (κ2) is 11.3. The predicted molar refractivity (Wildman–Crippen MR) is 144 cm³/mol. The van der Waals surface area contributed by atoms with Crippen molar-refractivity contribution in [2.24, 2.45) is 0 Å². The monoisotopic (exact) mass is 527 g/mol. The summed E-state index contributed by atoms with van der Waals surface area (Å²) in [6.07, 6.45) is 6.09. The number of nitrogens with zero attached hydrogens (tertiary/aromatic N) is 5. The number of likely N-dealkylation sites (tertiary alicyclic amines) is 2. The second-order valence-corrected chi connectivity index (χ2v) is 12.2. The van der Waals surface area contributed by atoms with Crippen LogP contribution in [0.3, 0.4) is 0 Å². The fourth-order valence-electron chi connectivity index (χ4n) is 5.14. The highest BCUT2D eigenvalue weighted by Gasteiger charge is 2.33. The van der Waals surface area contributed by atoms with Gasteiger partial charge in [-0.25, -0.2) is 22.7 Å². The summed E-state index contributed by atoms with van der Waals surface area (Å²) in [5.74, 6) is 0.907. The summed E-state index contributed by atoms with van der Waals surface area (Å²) in [6, 6.07) is 8.07. The summed E-state index contributed by atoms with van der Waals surface area (Å²) in [6.45, 7) is 10.8. The Balaban J connectivity index is 1.33. The molecule has 0 radical (unpaired) electrons. The number of amides is 1. The van der Waals surface area contributed by atoms with Gasteiger partial charge in [0.2, 0.25) is 15.9 Å². The molecule has 0 N–H and O–H groups in total. The lowest BCUT2D eigenvalue weighted by molar-refractivity contribution is 0.0542. The first kappa shape index (κ1) is 27.2. The van der Waals surface area contributed by atoms with Crippen molar-refractivity contribution < 1.29 is 17.9 Å². The molecular weight excluding hydrogens is 490 g/mol. The van der Waals surface area contributed by atoms with E-state index in [4.69, 9.17) is 4.74 Å². The number of aromatic nitrogens is 2. The van der Waals surface area contributed by atoms with Crippen molar-refractivity contribution in [2.75, 3.05) is 39.5 Å². The molecule has 9 nitrogen and oxygen atoms in total. The van der Waals surface area contributed by atoms with Crippen molar-refractivity contribution in [3.63, 3.8) is 0 Å². The average molecular weight is 528 g/mol. The van der Waals surface area contributed by atoms with Crippen LogP contribution in [0, 0.1) is 6.92 Å². The minimum absolute atomic E-state index is 0.0640. The Morgan fingerprint density at radius 2 is 1.68 bits per heavy atom. The lowest BCUT2D eigenvalue weighted by Gasteiger charge is -2.43. The quantitative estimate of drug-likeness (QED) is 0.543. The Morgan fingerprint density at radius 1 is 1.05 bits per heavy atom. The first-order chi connectivity index (χ1) is 17.5. The standard InChI is InChI=1S/C27H37N5O4S/c1-19(2)21-6-8-24(9-7-21)36-26-20(3)25(28-18-29-26)27(33)32-16-12-23(13-17-32)31-14-10-22(11-15-31)30(4)37(5,34)35/h6-9,18,22-23H,1,10-17H2,2-5H3. The van der Waals surface area contributed by atoms with Gasteiger partial charge in [-0.2, -0.15) is 0 Å². The van der Waals surface area contributed by atoms with Crippen molar-refractivity contribution in [1.29, 1.82) is 0 Å². The van der Waals surface area contributed by atoms with Gasteiger partial charge in [0.05, 0.1) is 6.26 Å². The first-order valence-electron chi connectivity index (χ1n) is 12.8. The van der Waals surface area contributed by atoms with Gasteiger partial charge in [-0.1, -0.05) is 24.3 Å². The summed E-state index contributed by atoms with van der Waals surface area (Å²) >= 11 is 0. The maximum absolute atomic E-state index is 13.3. The molecule has 0 saturated carbocycles. The summed E-state index contributed by atoms with van der Waals surface area (Å²) in [7, 11) is -1.50. The number of benzene rings is 1. The molecule has 0 spiro atoms. The molecule has 1 aromatic heterocycles. The number of ether oxygens (including phenoxy) is 1. The molecule has 2 aliphatic rings. The summed E-state index contributed by atoms with van der Waals surface area (Å²) < 4.78 is 31.2. The maximum atomic E-state index is 13.3. The summed E-state index contributed by atoms with van der Waals surface area (Å²) in [5.41, 5.74) is 3.00. The Morgan fingerprint density at radius 3 is 2.24 bits per heavy atom. The second-order valence-electron chi connectivity index (χ2n) is 10.1. The average Bonchev–Trinajstić information content (AvgIpc) is 2.89. The van der Waals surface area contributed by atoms with Crippen molar-refractivity contribution >= 4 is 21.5 Å². The third-order valence-corrected chi connectivity index (χ3v) is 8.95. The highest BCUT2D eigenvalue weighted by atomic mass is 32.2. The first-order valence-corrected chi connectivity index (χ1v) is 14.6. The van der Waals surface area contributed by atoms with E-state index in [1.165, 1.54) is 16.9 Å². The summed E-state index contributed by atoms with van der Waals surface area (Å²) in [5, 5.41) is 0. The van der Waals surface area contributed by atoms with Crippen molar-refractivity contribution in [3.05, 3.63) is 54.0 Å². The molecule has 2 aliphatic heterocycles. The molecule has 10 heteroatoms. The van der Waals surface area contributed by atoms with Gasteiger partial charge < -0.3 is 14.5 Å². The Labute approximate surface area is 220 Å². The Kier molecular flexibility index (Phi) is 8.30. The van der Waals surface area contributed by atoms with Crippen molar-refractivity contribution in [2.45, 2.75) is 51.6 Å². The van der Waals surface area contributed by atoms with E-state index in [0.29, 0.717) is 42.0 Å². The van der Waals surface area contributed by atoms with Crippen LogP contribution in [0.2, 0.25) is 0 Å². The maximum Gasteiger partial charge on any atom is 0.272 e. The van der Waals surface area contributed by atoms with Gasteiger partial charge in [0.15, 0.2) is 0 Å². The number of rotatable bonds is 7. The molecule has 37 heavy (non-hydrogen) atoms. The molecule has 4 rings (SSSR count). The Hall–Kier alpha value is -2.82. The van der Waals surface area contributed by atoms with Crippen LogP contribution in [0.25, 0.3) is 5.57 Å². The third kappa shape index (κ3) is 6.37. The van der Waals surface area contributed by atoms with Crippen LogP contribution in [0.15, 0.2) is 37.2 Å². The van der Waals surface area contributed by atoms with Gasteiger partial charge in [-0.15, -0.1) is 0 Å². The molecule has 2 aromatic rings.